The van der Waals surface area contributed by atoms with Crippen LogP contribution in [0.25, 0.3) is 0 Å². The highest BCUT2D eigenvalue weighted by Crippen LogP contribution is 2.05. The van der Waals surface area contributed by atoms with Gasteiger partial charge in [0.1, 0.15) is 0 Å². The first-order valence-corrected chi connectivity index (χ1v) is 4.13. The third-order valence-corrected chi connectivity index (χ3v) is 1.52. The molecular formula is C10H17NO. The van der Waals surface area contributed by atoms with E-state index in [0.717, 1.165) is 12.8 Å². The summed E-state index contributed by atoms with van der Waals surface area (Å²) in [4.78, 5) is 0. The fourth-order valence-electron chi connectivity index (χ4n) is 0.832. The third-order valence-electron chi connectivity index (χ3n) is 1.52. The Labute approximate surface area is 74.3 Å². The lowest BCUT2D eigenvalue weighted by Crippen LogP contribution is -1.78. The van der Waals surface area contributed by atoms with Gasteiger partial charge in [-0.1, -0.05) is 22.4 Å². The molecule has 0 bridgehead atoms. The summed E-state index contributed by atoms with van der Waals surface area (Å²) in [6, 6.07) is 0. The van der Waals surface area contributed by atoms with Crippen LogP contribution in [0.4, 0.5) is 0 Å². The van der Waals surface area contributed by atoms with Gasteiger partial charge in [-0.2, -0.15) is 0 Å². The highest BCUT2D eigenvalue weighted by molar-refractivity contribution is 5.71. The Balaban J connectivity index is 3.71. The monoisotopic (exact) mass is 167 g/mol. The summed E-state index contributed by atoms with van der Waals surface area (Å²) < 4.78 is 0. The van der Waals surface area contributed by atoms with Gasteiger partial charge in [0.05, 0.1) is 6.21 Å². The van der Waals surface area contributed by atoms with E-state index in [-0.39, 0.29) is 0 Å². The second-order valence-corrected chi connectivity index (χ2v) is 3.10. The maximum Gasteiger partial charge on any atom is 0.0660 e. The van der Waals surface area contributed by atoms with Crippen molar-refractivity contribution in [1.29, 1.82) is 0 Å². The van der Waals surface area contributed by atoms with E-state index in [9.17, 15) is 0 Å². The Bertz CT molecular complexity index is 198. The molecule has 0 aromatic heterocycles. The molecule has 0 aromatic carbocycles. The maximum atomic E-state index is 8.14. The number of nitrogens with zero attached hydrogens (tertiary/aromatic N) is 1. The van der Waals surface area contributed by atoms with Gasteiger partial charge in [-0.05, 0) is 39.7 Å². The van der Waals surface area contributed by atoms with Crippen LogP contribution >= 0.6 is 0 Å². The van der Waals surface area contributed by atoms with Crippen LogP contribution in [0.2, 0.25) is 0 Å². The quantitative estimate of drug-likeness (QED) is 0.296. The summed E-state index contributed by atoms with van der Waals surface area (Å²) in [5, 5.41) is 11.0. The van der Waals surface area contributed by atoms with E-state index in [1.165, 1.54) is 17.4 Å². The number of allylic oxidation sites excluding steroid dienone is 4. The average molecular weight is 167 g/mol. The van der Waals surface area contributed by atoms with Gasteiger partial charge >= 0.3 is 0 Å². The van der Waals surface area contributed by atoms with Crippen molar-refractivity contribution in [3.8, 4) is 0 Å². The van der Waals surface area contributed by atoms with E-state index < -0.39 is 0 Å². The van der Waals surface area contributed by atoms with Crippen molar-refractivity contribution in [1.82, 2.24) is 0 Å². The number of oxime groups is 1. The molecular weight excluding hydrogens is 150 g/mol. The molecule has 0 aromatic rings. The molecule has 0 unspecified atom stereocenters. The molecule has 2 heteroatoms. The van der Waals surface area contributed by atoms with Crippen LogP contribution in [0.5, 0.6) is 0 Å². The predicted octanol–water partition coefficient (Wildman–Crippen LogP) is 3.14. The Kier molecular flexibility index (Phi) is 6.07. The molecule has 68 valence electrons. The van der Waals surface area contributed by atoms with Crippen LogP contribution in [-0.4, -0.2) is 11.4 Å². The van der Waals surface area contributed by atoms with Gasteiger partial charge in [-0.25, -0.2) is 0 Å². The van der Waals surface area contributed by atoms with E-state index in [4.69, 9.17) is 5.21 Å². The minimum absolute atomic E-state index is 1.02. The van der Waals surface area contributed by atoms with Crippen LogP contribution in [0.15, 0.2) is 28.5 Å². The molecule has 2 nitrogen and oxygen atoms in total. The zero-order valence-corrected chi connectivity index (χ0v) is 8.04. The van der Waals surface area contributed by atoms with Crippen molar-refractivity contribution in [3.63, 3.8) is 0 Å². The minimum atomic E-state index is 1.02. The molecule has 12 heavy (non-hydrogen) atoms. The van der Waals surface area contributed by atoms with Gasteiger partial charge in [0.25, 0.3) is 0 Å². The summed E-state index contributed by atoms with van der Waals surface area (Å²) in [5.41, 5.74) is 2.57. The summed E-state index contributed by atoms with van der Waals surface area (Å²) in [6.45, 7) is 6.21. The zero-order chi connectivity index (χ0) is 9.40. The molecule has 0 radical (unpaired) electrons. The van der Waals surface area contributed by atoms with Gasteiger partial charge in [-0.15, -0.1) is 0 Å². The highest BCUT2D eigenvalue weighted by Gasteiger charge is 1.86. The van der Waals surface area contributed by atoms with Crippen molar-refractivity contribution in [2.24, 2.45) is 5.16 Å². The maximum absolute atomic E-state index is 8.14. The fraction of sp³-hybridized carbons (Fsp3) is 0.500. The second kappa shape index (κ2) is 6.65. The van der Waals surface area contributed by atoms with Crippen molar-refractivity contribution in [2.75, 3.05) is 0 Å². The molecule has 1 N–H and O–H groups in total. The number of hydrogen-bond donors (Lipinski definition) is 1. The molecule has 0 saturated carbocycles. The molecule has 0 amide bonds. The summed E-state index contributed by atoms with van der Waals surface area (Å²) >= 11 is 0. The Hall–Kier alpha value is -1.05. The Morgan fingerprint density at radius 3 is 2.50 bits per heavy atom. The highest BCUT2D eigenvalue weighted by atomic mass is 16.4. The SMILES string of the molecule is CC(C)=CCC/C(C)=C\C=N/O. The molecule has 0 saturated heterocycles. The van der Waals surface area contributed by atoms with Gasteiger partial charge in [0, 0.05) is 0 Å². The smallest absolute Gasteiger partial charge is 0.0660 e. The van der Waals surface area contributed by atoms with Crippen LogP contribution in [0.1, 0.15) is 33.6 Å². The first-order valence-electron chi connectivity index (χ1n) is 4.13. The summed E-state index contributed by atoms with van der Waals surface area (Å²) in [7, 11) is 0. The number of rotatable bonds is 4. The molecule has 0 heterocycles. The van der Waals surface area contributed by atoms with Crippen molar-refractivity contribution >= 4 is 6.21 Å². The molecule has 0 aliphatic carbocycles. The lowest BCUT2D eigenvalue weighted by Gasteiger charge is -1.95. The van der Waals surface area contributed by atoms with E-state index in [1.807, 2.05) is 13.0 Å². The van der Waals surface area contributed by atoms with Gasteiger partial charge in [0.2, 0.25) is 0 Å². The Morgan fingerprint density at radius 2 is 2.00 bits per heavy atom. The van der Waals surface area contributed by atoms with E-state index in [2.05, 4.69) is 25.1 Å². The summed E-state index contributed by atoms with van der Waals surface area (Å²) in [5.74, 6) is 0. The molecule has 0 aliphatic rings. The van der Waals surface area contributed by atoms with E-state index in [1.54, 1.807) is 0 Å². The standard InChI is InChI=1S/C10H17NO/c1-9(2)5-4-6-10(3)7-8-11-12/h5,7-8,12H,4,6H2,1-3H3/b10-7-,11-8-. The van der Waals surface area contributed by atoms with E-state index >= 15 is 0 Å². The fourth-order valence-corrected chi connectivity index (χ4v) is 0.832. The molecule has 0 aliphatic heterocycles. The van der Waals surface area contributed by atoms with Gasteiger partial charge in [-0.3, -0.25) is 0 Å². The van der Waals surface area contributed by atoms with Crippen LogP contribution < -0.4 is 0 Å². The van der Waals surface area contributed by atoms with Crippen molar-refractivity contribution < 1.29 is 5.21 Å². The first kappa shape index (κ1) is 11.0. The first-order chi connectivity index (χ1) is 5.66. The lowest BCUT2D eigenvalue weighted by atomic mass is 10.1. The summed E-state index contributed by atoms with van der Waals surface area (Å²) in [6.07, 6.45) is 7.51. The lowest BCUT2D eigenvalue weighted by molar-refractivity contribution is 0.322. The van der Waals surface area contributed by atoms with Gasteiger partial charge < -0.3 is 5.21 Å². The normalized spacial score (nSPS) is 12.1. The largest absolute Gasteiger partial charge is 0.411 e. The topological polar surface area (TPSA) is 32.6 Å². The van der Waals surface area contributed by atoms with Crippen molar-refractivity contribution in [2.45, 2.75) is 33.6 Å². The minimum Gasteiger partial charge on any atom is -0.411 e. The average Bonchev–Trinajstić information content (AvgIpc) is 2.00. The molecule has 0 fully saturated rings. The third kappa shape index (κ3) is 7.06. The zero-order valence-electron chi connectivity index (χ0n) is 8.04. The van der Waals surface area contributed by atoms with Crippen LogP contribution in [-0.2, 0) is 0 Å². The van der Waals surface area contributed by atoms with Crippen molar-refractivity contribution in [3.05, 3.63) is 23.3 Å². The van der Waals surface area contributed by atoms with Crippen LogP contribution in [0, 0.1) is 0 Å². The van der Waals surface area contributed by atoms with Crippen LogP contribution in [0.3, 0.4) is 0 Å². The van der Waals surface area contributed by atoms with Gasteiger partial charge in [0.15, 0.2) is 0 Å². The molecule has 0 spiro atoms. The molecule has 0 atom stereocenters. The predicted molar refractivity (Wildman–Crippen MR) is 52.7 cm³/mol. The number of hydrogen-bond acceptors (Lipinski definition) is 2. The molecule has 0 rings (SSSR count). The van der Waals surface area contributed by atoms with E-state index in [0.29, 0.717) is 0 Å². The second-order valence-electron chi connectivity index (χ2n) is 3.10. The Morgan fingerprint density at radius 1 is 1.33 bits per heavy atom.